The molecule has 0 saturated carbocycles. The molecule has 0 aliphatic rings. The van der Waals surface area contributed by atoms with E-state index in [0.717, 1.165) is 16.7 Å². The van der Waals surface area contributed by atoms with Crippen molar-refractivity contribution in [3.63, 3.8) is 0 Å². The summed E-state index contributed by atoms with van der Waals surface area (Å²) in [6.45, 7) is 2.21. The Morgan fingerprint density at radius 1 is 1.24 bits per heavy atom. The quantitative estimate of drug-likeness (QED) is 0.867. The molecule has 2 nitrogen and oxygen atoms in total. The van der Waals surface area contributed by atoms with Gasteiger partial charge < -0.3 is 10.8 Å². The lowest BCUT2D eigenvalue weighted by atomic mass is 9.76. The van der Waals surface area contributed by atoms with Gasteiger partial charge in [-0.3, -0.25) is 0 Å². The van der Waals surface area contributed by atoms with Crippen LogP contribution in [-0.4, -0.2) is 18.3 Å². The topological polar surface area (TPSA) is 46.2 Å². The van der Waals surface area contributed by atoms with Gasteiger partial charge in [0.15, 0.2) is 0 Å². The smallest absolute Gasteiger partial charge is 0.124 e. The van der Waals surface area contributed by atoms with Crippen LogP contribution in [0, 0.1) is 12.7 Å². The van der Waals surface area contributed by atoms with Crippen LogP contribution in [0.15, 0.2) is 46.9 Å². The number of hydrogen-bond acceptors (Lipinski definition) is 2. The molecule has 3 N–H and O–H groups in total. The van der Waals surface area contributed by atoms with Gasteiger partial charge in [0.05, 0.1) is 6.61 Å². The third-order valence-electron chi connectivity index (χ3n) is 3.79. The Morgan fingerprint density at radius 2 is 2.00 bits per heavy atom. The molecule has 0 aliphatic carbocycles. The summed E-state index contributed by atoms with van der Waals surface area (Å²) in [5, 5.41) is 9.94. The molecule has 0 heterocycles. The average Bonchev–Trinajstić information content (AvgIpc) is 2.44. The average molecular weight is 352 g/mol. The Balaban J connectivity index is 2.42. The van der Waals surface area contributed by atoms with Gasteiger partial charge in [0.2, 0.25) is 0 Å². The van der Waals surface area contributed by atoms with Gasteiger partial charge in [0, 0.05) is 16.4 Å². The third-order valence-corrected chi connectivity index (χ3v) is 4.25. The molecule has 4 heteroatoms. The van der Waals surface area contributed by atoms with Crippen molar-refractivity contribution in [1.29, 1.82) is 0 Å². The van der Waals surface area contributed by atoms with Crippen molar-refractivity contribution >= 4 is 15.9 Å². The number of hydrogen-bond donors (Lipinski definition) is 2. The molecule has 21 heavy (non-hydrogen) atoms. The fourth-order valence-corrected chi connectivity index (χ4v) is 3.10. The van der Waals surface area contributed by atoms with Crippen LogP contribution in [0.25, 0.3) is 0 Å². The first kappa shape index (κ1) is 16.1. The van der Waals surface area contributed by atoms with Gasteiger partial charge in [0.25, 0.3) is 0 Å². The highest BCUT2D eigenvalue weighted by atomic mass is 79.9. The molecule has 0 spiro atoms. The maximum absolute atomic E-state index is 13.6. The highest BCUT2D eigenvalue weighted by molar-refractivity contribution is 9.10. The van der Waals surface area contributed by atoms with Crippen molar-refractivity contribution in [2.75, 3.05) is 13.2 Å². The van der Waals surface area contributed by atoms with Crippen LogP contribution in [0.3, 0.4) is 0 Å². The number of aryl methyl sites for hydroxylation is 1. The molecular weight excluding hydrogens is 333 g/mol. The highest BCUT2D eigenvalue weighted by Gasteiger charge is 2.30. The van der Waals surface area contributed by atoms with E-state index >= 15 is 0 Å². The summed E-state index contributed by atoms with van der Waals surface area (Å²) in [5.41, 5.74) is 8.26. The molecule has 0 saturated heterocycles. The summed E-state index contributed by atoms with van der Waals surface area (Å²) in [6.07, 6.45) is 0.486. The largest absolute Gasteiger partial charge is 0.395 e. The van der Waals surface area contributed by atoms with E-state index in [4.69, 9.17) is 5.73 Å². The maximum Gasteiger partial charge on any atom is 0.124 e. The number of halogens is 2. The zero-order valence-corrected chi connectivity index (χ0v) is 13.5. The highest BCUT2D eigenvalue weighted by Crippen LogP contribution is 2.29. The fraction of sp³-hybridized carbons (Fsp3) is 0.294. The molecule has 0 fully saturated rings. The van der Waals surface area contributed by atoms with E-state index in [2.05, 4.69) is 15.9 Å². The molecule has 0 aromatic heterocycles. The molecule has 0 amide bonds. The van der Waals surface area contributed by atoms with E-state index in [0.29, 0.717) is 17.4 Å². The van der Waals surface area contributed by atoms with Crippen LogP contribution in [0.1, 0.15) is 16.7 Å². The minimum atomic E-state index is -0.598. The molecule has 2 aromatic rings. The Kier molecular flexibility index (Phi) is 5.14. The number of rotatable bonds is 5. The van der Waals surface area contributed by atoms with E-state index in [1.807, 2.05) is 37.3 Å². The van der Waals surface area contributed by atoms with E-state index in [-0.39, 0.29) is 12.4 Å². The third kappa shape index (κ3) is 3.70. The van der Waals surface area contributed by atoms with Crippen molar-refractivity contribution in [1.82, 2.24) is 0 Å². The van der Waals surface area contributed by atoms with Gasteiger partial charge in [0.1, 0.15) is 5.82 Å². The Labute approximate surface area is 132 Å². The lowest BCUT2D eigenvalue weighted by Crippen LogP contribution is -2.41. The van der Waals surface area contributed by atoms with Gasteiger partial charge in [-0.25, -0.2) is 4.39 Å². The molecule has 1 unspecified atom stereocenters. The summed E-state index contributed by atoms with van der Waals surface area (Å²) >= 11 is 3.30. The normalized spacial score (nSPS) is 14.0. The predicted molar refractivity (Wildman–Crippen MR) is 86.8 cm³/mol. The fourth-order valence-electron chi connectivity index (χ4n) is 2.58. The van der Waals surface area contributed by atoms with Crippen molar-refractivity contribution in [2.45, 2.75) is 18.8 Å². The maximum atomic E-state index is 13.6. The Hall–Kier alpha value is -1.23. The first-order valence-electron chi connectivity index (χ1n) is 6.82. The van der Waals surface area contributed by atoms with Crippen molar-refractivity contribution < 1.29 is 9.50 Å². The van der Waals surface area contributed by atoms with Crippen LogP contribution >= 0.6 is 15.9 Å². The zero-order valence-electron chi connectivity index (χ0n) is 11.9. The SMILES string of the molecule is Cc1cccc(C(CN)(CO)Cc2cc(F)cc(Br)c2)c1. The van der Waals surface area contributed by atoms with Crippen molar-refractivity contribution in [3.8, 4) is 0 Å². The summed E-state index contributed by atoms with van der Waals surface area (Å²) in [7, 11) is 0. The molecule has 1 atom stereocenters. The Morgan fingerprint density at radius 3 is 2.57 bits per heavy atom. The first-order chi connectivity index (χ1) is 9.99. The van der Waals surface area contributed by atoms with E-state index in [9.17, 15) is 9.50 Å². The minimum Gasteiger partial charge on any atom is -0.395 e. The van der Waals surface area contributed by atoms with Gasteiger partial charge in [-0.2, -0.15) is 0 Å². The second kappa shape index (κ2) is 6.69. The summed E-state index contributed by atoms with van der Waals surface area (Å²) < 4.78 is 14.2. The lowest BCUT2D eigenvalue weighted by Gasteiger charge is -2.31. The summed E-state index contributed by atoms with van der Waals surface area (Å²) in [5.74, 6) is -0.299. The molecule has 112 valence electrons. The number of nitrogens with two attached hydrogens (primary N) is 1. The van der Waals surface area contributed by atoms with E-state index in [1.54, 1.807) is 0 Å². The van der Waals surface area contributed by atoms with Crippen molar-refractivity contribution in [3.05, 3.63) is 69.4 Å². The predicted octanol–water partition coefficient (Wildman–Crippen LogP) is 3.33. The van der Waals surface area contributed by atoms with Gasteiger partial charge >= 0.3 is 0 Å². The Bertz CT molecular complexity index is 606. The molecule has 0 aliphatic heterocycles. The minimum absolute atomic E-state index is 0.0823. The van der Waals surface area contributed by atoms with Crippen LogP contribution in [0.4, 0.5) is 4.39 Å². The standard InChI is InChI=1S/C17H19BrFNO/c1-12-3-2-4-14(5-12)17(10-20,11-21)9-13-6-15(18)8-16(19)7-13/h2-8,21H,9-11,20H2,1H3. The molecule has 2 rings (SSSR count). The van der Waals surface area contributed by atoms with Crippen LogP contribution in [0.5, 0.6) is 0 Å². The summed E-state index contributed by atoms with van der Waals surface area (Å²) in [4.78, 5) is 0. The van der Waals surface area contributed by atoms with E-state index < -0.39 is 5.41 Å². The van der Waals surface area contributed by atoms with Crippen LogP contribution < -0.4 is 5.73 Å². The second-order valence-corrected chi connectivity index (χ2v) is 6.38. The van der Waals surface area contributed by atoms with Crippen LogP contribution in [0.2, 0.25) is 0 Å². The molecule has 0 radical (unpaired) electrons. The second-order valence-electron chi connectivity index (χ2n) is 5.47. The monoisotopic (exact) mass is 351 g/mol. The molecular formula is C17H19BrFNO. The van der Waals surface area contributed by atoms with Gasteiger partial charge in [-0.1, -0.05) is 45.8 Å². The zero-order chi connectivity index (χ0) is 15.5. The lowest BCUT2D eigenvalue weighted by molar-refractivity contribution is 0.196. The van der Waals surface area contributed by atoms with E-state index in [1.165, 1.54) is 12.1 Å². The van der Waals surface area contributed by atoms with Gasteiger partial charge in [-0.15, -0.1) is 0 Å². The van der Waals surface area contributed by atoms with Crippen molar-refractivity contribution in [2.24, 2.45) is 5.73 Å². The number of benzene rings is 2. The van der Waals surface area contributed by atoms with Gasteiger partial charge in [-0.05, 0) is 42.7 Å². The van der Waals surface area contributed by atoms with Crippen LogP contribution in [-0.2, 0) is 11.8 Å². The number of aliphatic hydroxyl groups excluding tert-OH is 1. The number of aliphatic hydroxyl groups is 1. The first-order valence-corrected chi connectivity index (χ1v) is 7.61. The molecule has 0 bridgehead atoms. The molecule has 2 aromatic carbocycles. The summed E-state index contributed by atoms with van der Waals surface area (Å²) in [6, 6.07) is 12.7.